The van der Waals surface area contributed by atoms with E-state index in [0.29, 0.717) is 49.8 Å². The van der Waals surface area contributed by atoms with Gasteiger partial charge < -0.3 is 20.1 Å². The molecule has 0 radical (unpaired) electrons. The van der Waals surface area contributed by atoms with Crippen LogP contribution in [-0.2, 0) is 27.2 Å². The number of anilines is 1. The molecule has 246 valence electrons. The van der Waals surface area contributed by atoms with E-state index in [1.165, 1.54) is 31.4 Å². The van der Waals surface area contributed by atoms with Crippen LogP contribution in [0.25, 0.3) is 6.08 Å². The predicted molar refractivity (Wildman–Crippen MR) is 176 cm³/mol. The van der Waals surface area contributed by atoms with Crippen molar-refractivity contribution in [2.45, 2.75) is 88.8 Å². The molecule has 2 saturated carbocycles. The fraction of sp³-hybridized carbons (Fsp3) is 0.571. The van der Waals surface area contributed by atoms with Crippen LogP contribution in [0.2, 0.25) is 5.02 Å². The number of hydrogen-bond acceptors (Lipinski definition) is 6. The molecule has 1 aromatic heterocycles. The molecule has 2 amide bonds. The Bertz CT molecular complexity index is 1550. The molecule has 2 atom stereocenters. The van der Waals surface area contributed by atoms with Gasteiger partial charge in [0.15, 0.2) is 0 Å². The number of allylic oxidation sites excluding steroid dienone is 1. The minimum atomic E-state index is -0.742. The lowest BCUT2D eigenvalue weighted by Gasteiger charge is -2.30. The highest BCUT2D eigenvalue weighted by atomic mass is 35.5. The SMILES string of the molecule is O=C(Nc1cc(F)c(CC(=O)N2C[C@@H](N3CCC4(CC4)C3)C[C@H]2CO[C@H]2CC[C@H](C(=O)O)CC2)cc1Cl)c1csc2c1C=CCC2. The lowest BCUT2D eigenvalue weighted by Crippen LogP contribution is -2.41. The van der Waals surface area contributed by atoms with Gasteiger partial charge in [-0.1, -0.05) is 23.8 Å². The summed E-state index contributed by atoms with van der Waals surface area (Å²) < 4.78 is 21.8. The van der Waals surface area contributed by atoms with Gasteiger partial charge >= 0.3 is 5.97 Å². The van der Waals surface area contributed by atoms with E-state index in [9.17, 15) is 19.5 Å². The molecule has 3 heterocycles. The second-order valence-electron chi connectivity index (χ2n) is 13.9. The van der Waals surface area contributed by atoms with E-state index in [2.05, 4.69) is 10.2 Å². The van der Waals surface area contributed by atoms with Crippen LogP contribution in [0, 0.1) is 17.2 Å². The van der Waals surface area contributed by atoms with Gasteiger partial charge in [-0.25, -0.2) is 4.39 Å². The molecule has 1 spiro atoms. The number of aliphatic carboxylic acids is 1. The Morgan fingerprint density at radius 1 is 1.15 bits per heavy atom. The molecule has 1 aromatic carbocycles. The zero-order chi connectivity index (χ0) is 32.0. The first-order chi connectivity index (χ1) is 22.2. The van der Waals surface area contributed by atoms with Gasteiger partial charge in [-0.3, -0.25) is 19.3 Å². The first-order valence-corrected chi connectivity index (χ1v) is 17.9. The number of carbonyl (C=O) groups excluding carboxylic acids is 2. The molecule has 5 aliphatic rings. The summed E-state index contributed by atoms with van der Waals surface area (Å²) in [6, 6.07) is 2.76. The number of carboxylic acid groups (broad SMARTS) is 1. The lowest BCUT2D eigenvalue weighted by molar-refractivity contribution is -0.144. The summed E-state index contributed by atoms with van der Waals surface area (Å²) >= 11 is 8.10. The van der Waals surface area contributed by atoms with Crippen molar-refractivity contribution in [1.82, 2.24) is 9.80 Å². The van der Waals surface area contributed by atoms with Crippen LogP contribution in [0.3, 0.4) is 0 Å². The van der Waals surface area contributed by atoms with Gasteiger partial charge in [-0.15, -0.1) is 11.3 Å². The molecule has 2 aliphatic heterocycles. The molecule has 46 heavy (non-hydrogen) atoms. The number of rotatable bonds is 9. The number of likely N-dealkylation sites (tertiary alicyclic amines) is 2. The molecule has 7 rings (SSSR count). The van der Waals surface area contributed by atoms with Gasteiger partial charge in [-0.2, -0.15) is 0 Å². The highest BCUT2D eigenvalue weighted by Gasteiger charge is 2.50. The van der Waals surface area contributed by atoms with Crippen molar-refractivity contribution in [1.29, 1.82) is 0 Å². The van der Waals surface area contributed by atoms with E-state index in [0.717, 1.165) is 42.8 Å². The molecular formula is C35H41ClFN3O5S. The molecule has 2 saturated heterocycles. The molecule has 8 nitrogen and oxygen atoms in total. The molecule has 4 fully saturated rings. The van der Waals surface area contributed by atoms with Crippen molar-refractivity contribution in [3.63, 3.8) is 0 Å². The van der Waals surface area contributed by atoms with Crippen molar-refractivity contribution >= 4 is 52.5 Å². The number of carboxylic acids is 1. The largest absolute Gasteiger partial charge is 0.481 e. The average molecular weight is 670 g/mol. The number of hydrogen-bond donors (Lipinski definition) is 2. The minimum absolute atomic E-state index is 0.0114. The Kier molecular flexibility index (Phi) is 9.00. The summed E-state index contributed by atoms with van der Waals surface area (Å²) in [5.41, 5.74) is 2.29. The Morgan fingerprint density at radius 3 is 2.70 bits per heavy atom. The third kappa shape index (κ3) is 6.64. The van der Waals surface area contributed by atoms with Crippen molar-refractivity contribution in [3.8, 4) is 0 Å². The molecule has 0 bridgehead atoms. The predicted octanol–water partition coefficient (Wildman–Crippen LogP) is 6.41. The van der Waals surface area contributed by atoms with Crippen molar-refractivity contribution in [2.24, 2.45) is 11.3 Å². The van der Waals surface area contributed by atoms with Crippen LogP contribution in [0.4, 0.5) is 10.1 Å². The van der Waals surface area contributed by atoms with Gasteiger partial charge in [0.2, 0.25) is 5.91 Å². The maximum absolute atomic E-state index is 15.5. The van der Waals surface area contributed by atoms with Crippen LogP contribution in [-0.4, -0.2) is 77.1 Å². The van der Waals surface area contributed by atoms with Gasteiger partial charge in [0, 0.05) is 35.0 Å². The molecular weight excluding hydrogens is 629 g/mol. The number of ether oxygens (including phenoxy) is 1. The highest BCUT2D eigenvalue weighted by molar-refractivity contribution is 7.10. The topological polar surface area (TPSA) is 99.2 Å². The number of benzene rings is 1. The standard InChI is InChI=1S/C35H41ClFN3O5S/c36-28-13-22(29(37)16-30(28)38-33(42)27-19-46-31-4-2-1-3-26(27)31)14-32(41)40-17-23(39-12-11-35(20-39)9-10-35)15-24(40)18-45-25-7-5-21(6-8-25)34(43)44/h1,3,13,16,19,21,23-25H,2,4-12,14-15,17-18,20H2,(H,38,42)(H,43,44)/t21-,23-,24-,25-/m0/s1. The van der Waals surface area contributed by atoms with E-state index in [1.807, 2.05) is 22.4 Å². The quantitative estimate of drug-likeness (QED) is 0.320. The van der Waals surface area contributed by atoms with Crippen LogP contribution >= 0.6 is 22.9 Å². The zero-order valence-corrected chi connectivity index (χ0v) is 27.5. The van der Waals surface area contributed by atoms with E-state index >= 15 is 4.39 Å². The maximum Gasteiger partial charge on any atom is 0.306 e. The summed E-state index contributed by atoms with van der Waals surface area (Å²) in [7, 11) is 0. The number of halogens is 2. The van der Waals surface area contributed by atoms with Gasteiger partial charge in [0.1, 0.15) is 5.82 Å². The summed E-state index contributed by atoms with van der Waals surface area (Å²) in [6.45, 7) is 3.09. The average Bonchev–Trinajstić information content (AvgIpc) is 3.36. The summed E-state index contributed by atoms with van der Waals surface area (Å²) in [5, 5.41) is 14.1. The molecule has 2 N–H and O–H groups in total. The Balaban J connectivity index is 1.02. The Hall–Kier alpha value is -2.79. The van der Waals surface area contributed by atoms with E-state index < -0.39 is 11.8 Å². The number of amides is 2. The number of aryl methyl sites for hydroxylation is 1. The van der Waals surface area contributed by atoms with Crippen LogP contribution in [0.5, 0.6) is 0 Å². The third-order valence-corrected chi connectivity index (χ3v) is 12.3. The van der Waals surface area contributed by atoms with Crippen molar-refractivity contribution < 1.29 is 28.6 Å². The second kappa shape index (κ2) is 13.0. The fourth-order valence-electron chi connectivity index (χ4n) is 7.86. The number of fused-ring (bicyclic) bond motifs is 1. The summed E-state index contributed by atoms with van der Waals surface area (Å²) in [6.07, 6.45) is 12.9. The van der Waals surface area contributed by atoms with E-state index in [4.69, 9.17) is 16.3 Å². The lowest BCUT2D eigenvalue weighted by atomic mass is 9.87. The van der Waals surface area contributed by atoms with Gasteiger partial charge in [0.25, 0.3) is 5.91 Å². The smallest absolute Gasteiger partial charge is 0.306 e. The van der Waals surface area contributed by atoms with Crippen LogP contribution < -0.4 is 5.32 Å². The zero-order valence-electron chi connectivity index (χ0n) is 25.9. The fourth-order valence-corrected chi connectivity index (χ4v) is 9.13. The van der Waals surface area contributed by atoms with Crippen LogP contribution in [0.1, 0.15) is 84.1 Å². The number of nitrogens with one attached hydrogen (secondary N) is 1. The Morgan fingerprint density at radius 2 is 1.96 bits per heavy atom. The highest BCUT2D eigenvalue weighted by Crippen LogP contribution is 2.53. The molecule has 0 unspecified atom stereocenters. The Labute approximate surface area is 277 Å². The maximum atomic E-state index is 15.5. The number of nitrogens with zero attached hydrogens (tertiary/aromatic N) is 2. The number of carbonyl (C=O) groups is 3. The normalized spacial score (nSPS) is 26.8. The first kappa shape index (κ1) is 31.8. The van der Waals surface area contributed by atoms with Crippen LogP contribution in [0.15, 0.2) is 23.6 Å². The number of thiophene rings is 1. The van der Waals surface area contributed by atoms with E-state index in [-0.39, 0.29) is 58.6 Å². The summed E-state index contributed by atoms with van der Waals surface area (Å²) in [4.78, 5) is 43.8. The first-order valence-electron chi connectivity index (χ1n) is 16.6. The third-order valence-electron chi connectivity index (χ3n) is 10.9. The van der Waals surface area contributed by atoms with E-state index in [1.54, 1.807) is 11.3 Å². The van der Waals surface area contributed by atoms with Gasteiger partial charge in [0.05, 0.1) is 47.4 Å². The van der Waals surface area contributed by atoms with Crippen molar-refractivity contribution in [2.75, 3.05) is 31.6 Å². The molecule has 3 aliphatic carbocycles. The minimum Gasteiger partial charge on any atom is -0.481 e. The monoisotopic (exact) mass is 669 g/mol. The van der Waals surface area contributed by atoms with Crippen molar-refractivity contribution in [3.05, 3.63) is 56.0 Å². The molecule has 11 heteroatoms. The summed E-state index contributed by atoms with van der Waals surface area (Å²) in [5.74, 6) is -2.15. The molecule has 2 aromatic rings. The second-order valence-corrected chi connectivity index (χ2v) is 15.3. The van der Waals surface area contributed by atoms with Gasteiger partial charge in [-0.05, 0) is 93.9 Å².